The first-order chi connectivity index (χ1) is 9.31. The van der Waals surface area contributed by atoms with E-state index in [0.29, 0.717) is 12.2 Å². The van der Waals surface area contributed by atoms with Crippen LogP contribution in [0.4, 0.5) is 0 Å². The number of benzene rings is 1. The van der Waals surface area contributed by atoms with Crippen LogP contribution < -0.4 is 5.32 Å². The summed E-state index contributed by atoms with van der Waals surface area (Å²) in [6.07, 6.45) is 3.76. The van der Waals surface area contributed by atoms with Crippen molar-refractivity contribution in [2.75, 3.05) is 0 Å². The van der Waals surface area contributed by atoms with Crippen molar-refractivity contribution >= 4 is 5.91 Å². The fourth-order valence-corrected chi connectivity index (χ4v) is 2.01. The zero-order valence-electron chi connectivity index (χ0n) is 11.1. The molecule has 0 radical (unpaired) electrons. The number of amides is 1. The average Bonchev–Trinajstić information content (AvgIpc) is 2.47. The number of aromatic nitrogens is 1. The van der Waals surface area contributed by atoms with Gasteiger partial charge in [-0.25, -0.2) is 0 Å². The Labute approximate surface area is 113 Å². The van der Waals surface area contributed by atoms with Crippen molar-refractivity contribution in [3.05, 3.63) is 65.5 Å². The second-order valence-electron chi connectivity index (χ2n) is 4.42. The van der Waals surface area contributed by atoms with Crippen LogP contribution in [0.3, 0.4) is 0 Å². The summed E-state index contributed by atoms with van der Waals surface area (Å²) in [7, 11) is 0. The molecule has 0 bridgehead atoms. The van der Waals surface area contributed by atoms with Crippen molar-refractivity contribution in [3.63, 3.8) is 0 Å². The van der Waals surface area contributed by atoms with Gasteiger partial charge in [0.15, 0.2) is 0 Å². The lowest BCUT2D eigenvalue weighted by Gasteiger charge is -2.09. The van der Waals surface area contributed by atoms with Gasteiger partial charge in [-0.1, -0.05) is 43.7 Å². The molecule has 3 heteroatoms. The second kappa shape index (κ2) is 6.69. The van der Waals surface area contributed by atoms with Gasteiger partial charge in [0.05, 0.1) is 0 Å². The summed E-state index contributed by atoms with van der Waals surface area (Å²) < 4.78 is 0. The van der Waals surface area contributed by atoms with Gasteiger partial charge >= 0.3 is 0 Å². The van der Waals surface area contributed by atoms with E-state index in [2.05, 4.69) is 29.4 Å². The summed E-state index contributed by atoms with van der Waals surface area (Å²) in [4.78, 5) is 16.0. The molecule has 0 fully saturated rings. The molecule has 0 aliphatic carbocycles. The fourth-order valence-electron chi connectivity index (χ4n) is 2.01. The van der Waals surface area contributed by atoms with Gasteiger partial charge in [0, 0.05) is 12.7 Å². The topological polar surface area (TPSA) is 42.0 Å². The van der Waals surface area contributed by atoms with E-state index in [4.69, 9.17) is 0 Å². The number of aryl methyl sites for hydroxylation is 1. The van der Waals surface area contributed by atoms with Gasteiger partial charge in [-0.2, -0.15) is 0 Å². The lowest BCUT2D eigenvalue weighted by atomic mass is 10.0. The van der Waals surface area contributed by atoms with Gasteiger partial charge in [0.2, 0.25) is 0 Å². The molecule has 1 amide bonds. The highest BCUT2D eigenvalue weighted by Gasteiger charge is 2.07. The summed E-state index contributed by atoms with van der Waals surface area (Å²) in [5, 5.41) is 2.91. The van der Waals surface area contributed by atoms with Gasteiger partial charge in [0.1, 0.15) is 5.69 Å². The van der Waals surface area contributed by atoms with E-state index in [1.165, 1.54) is 11.1 Å². The smallest absolute Gasteiger partial charge is 0.270 e. The number of nitrogens with one attached hydrogen (secondary N) is 1. The van der Waals surface area contributed by atoms with E-state index in [-0.39, 0.29) is 5.91 Å². The first-order valence-corrected chi connectivity index (χ1v) is 6.57. The highest BCUT2D eigenvalue weighted by atomic mass is 16.1. The molecule has 19 heavy (non-hydrogen) atoms. The Morgan fingerprint density at radius 3 is 2.53 bits per heavy atom. The molecule has 1 heterocycles. The molecule has 1 N–H and O–H groups in total. The van der Waals surface area contributed by atoms with Crippen LogP contribution in [0.1, 0.15) is 35.0 Å². The van der Waals surface area contributed by atoms with Crippen LogP contribution in [0.15, 0.2) is 48.7 Å². The second-order valence-corrected chi connectivity index (χ2v) is 4.42. The van der Waals surface area contributed by atoms with Crippen LogP contribution in [-0.4, -0.2) is 10.9 Å². The normalized spacial score (nSPS) is 10.2. The third-order valence-electron chi connectivity index (χ3n) is 2.97. The average molecular weight is 254 g/mol. The predicted octanol–water partition coefficient (Wildman–Crippen LogP) is 2.96. The minimum atomic E-state index is -0.132. The Balaban J connectivity index is 2.01. The van der Waals surface area contributed by atoms with Gasteiger partial charge in [-0.3, -0.25) is 9.78 Å². The molecular weight excluding hydrogens is 236 g/mol. The molecule has 0 saturated heterocycles. The van der Waals surface area contributed by atoms with Crippen LogP contribution in [0.5, 0.6) is 0 Å². The Hall–Kier alpha value is -2.16. The molecule has 0 unspecified atom stereocenters. The van der Waals surface area contributed by atoms with Crippen molar-refractivity contribution in [2.45, 2.75) is 26.3 Å². The predicted molar refractivity (Wildman–Crippen MR) is 75.8 cm³/mol. The lowest BCUT2D eigenvalue weighted by molar-refractivity contribution is 0.0946. The molecular formula is C16H18N2O. The zero-order chi connectivity index (χ0) is 13.5. The van der Waals surface area contributed by atoms with Gasteiger partial charge in [-0.05, 0) is 29.7 Å². The van der Waals surface area contributed by atoms with Crippen molar-refractivity contribution in [2.24, 2.45) is 0 Å². The maximum absolute atomic E-state index is 11.9. The third-order valence-corrected chi connectivity index (χ3v) is 2.97. The summed E-state index contributed by atoms with van der Waals surface area (Å²) in [6, 6.07) is 13.5. The molecule has 0 atom stereocenters. The number of hydrogen-bond acceptors (Lipinski definition) is 2. The van der Waals surface area contributed by atoms with Crippen LogP contribution in [0.2, 0.25) is 0 Å². The SMILES string of the molecule is CCCc1ccccc1CNC(=O)c1ccccn1. The molecule has 0 saturated carbocycles. The molecule has 0 aliphatic rings. The van der Waals surface area contributed by atoms with Gasteiger partial charge in [-0.15, -0.1) is 0 Å². The van der Waals surface area contributed by atoms with E-state index in [0.717, 1.165) is 12.8 Å². The van der Waals surface area contributed by atoms with Crippen LogP contribution in [-0.2, 0) is 13.0 Å². The highest BCUT2D eigenvalue weighted by molar-refractivity contribution is 5.92. The minimum absolute atomic E-state index is 0.132. The molecule has 2 aromatic rings. The monoisotopic (exact) mass is 254 g/mol. The summed E-state index contributed by atoms with van der Waals surface area (Å²) in [5.41, 5.74) is 2.93. The van der Waals surface area contributed by atoms with E-state index < -0.39 is 0 Å². The lowest BCUT2D eigenvalue weighted by Crippen LogP contribution is -2.24. The molecule has 1 aromatic heterocycles. The number of carbonyl (C=O) groups excluding carboxylic acids is 1. The molecule has 98 valence electrons. The molecule has 0 spiro atoms. The first kappa shape index (κ1) is 13.3. The van der Waals surface area contributed by atoms with E-state index >= 15 is 0 Å². The Kier molecular flexibility index (Phi) is 4.67. The van der Waals surface area contributed by atoms with Crippen molar-refractivity contribution in [3.8, 4) is 0 Å². The van der Waals surface area contributed by atoms with E-state index in [1.807, 2.05) is 18.2 Å². The highest BCUT2D eigenvalue weighted by Crippen LogP contribution is 2.11. The maximum Gasteiger partial charge on any atom is 0.270 e. The van der Waals surface area contributed by atoms with Gasteiger partial charge < -0.3 is 5.32 Å². The maximum atomic E-state index is 11.9. The van der Waals surface area contributed by atoms with Crippen molar-refractivity contribution < 1.29 is 4.79 Å². The Morgan fingerprint density at radius 2 is 1.84 bits per heavy atom. The first-order valence-electron chi connectivity index (χ1n) is 6.57. The Morgan fingerprint density at radius 1 is 1.11 bits per heavy atom. The van der Waals surface area contributed by atoms with E-state index in [1.54, 1.807) is 18.3 Å². The number of carbonyl (C=O) groups is 1. The van der Waals surface area contributed by atoms with E-state index in [9.17, 15) is 4.79 Å². The standard InChI is InChI=1S/C16H18N2O/c1-2-7-13-8-3-4-9-14(13)12-18-16(19)15-10-5-6-11-17-15/h3-6,8-11H,2,7,12H2,1H3,(H,18,19). The zero-order valence-corrected chi connectivity index (χ0v) is 11.1. The molecule has 1 aromatic carbocycles. The van der Waals surface area contributed by atoms with Gasteiger partial charge in [0.25, 0.3) is 5.91 Å². The molecule has 0 aliphatic heterocycles. The van der Waals surface area contributed by atoms with Crippen LogP contribution >= 0.6 is 0 Å². The molecule has 3 nitrogen and oxygen atoms in total. The largest absolute Gasteiger partial charge is 0.347 e. The number of nitrogens with zero attached hydrogens (tertiary/aromatic N) is 1. The Bertz CT molecular complexity index is 537. The number of pyridine rings is 1. The fraction of sp³-hybridized carbons (Fsp3) is 0.250. The summed E-state index contributed by atoms with van der Waals surface area (Å²) >= 11 is 0. The summed E-state index contributed by atoms with van der Waals surface area (Å²) in [6.45, 7) is 2.70. The number of rotatable bonds is 5. The van der Waals surface area contributed by atoms with Crippen LogP contribution in [0.25, 0.3) is 0 Å². The number of hydrogen-bond donors (Lipinski definition) is 1. The van der Waals surface area contributed by atoms with Crippen LogP contribution in [0, 0.1) is 0 Å². The van der Waals surface area contributed by atoms with Crippen molar-refractivity contribution in [1.82, 2.24) is 10.3 Å². The molecule has 2 rings (SSSR count). The quantitative estimate of drug-likeness (QED) is 0.891. The van der Waals surface area contributed by atoms with Crippen molar-refractivity contribution in [1.29, 1.82) is 0 Å². The minimum Gasteiger partial charge on any atom is -0.347 e. The summed E-state index contributed by atoms with van der Waals surface area (Å²) in [5.74, 6) is -0.132. The third kappa shape index (κ3) is 3.65.